The van der Waals surface area contributed by atoms with Crippen LogP contribution in [0.25, 0.3) is 5.82 Å². The number of nitrogens with one attached hydrogen (secondary N) is 1. The minimum atomic E-state index is -0.175. The zero-order chi connectivity index (χ0) is 20.8. The van der Waals surface area contributed by atoms with Crippen molar-refractivity contribution in [1.82, 2.24) is 19.9 Å². The number of carbonyl (C=O) groups excluding carboxylic acids is 1. The van der Waals surface area contributed by atoms with Crippen LogP contribution in [0.1, 0.15) is 21.5 Å². The molecule has 2 heterocycles. The van der Waals surface area contributed by atoms with Crippen molar-refractivity contribution in [3.63, 3.8) is 0 Å². The van der Waals surface area contributed by atoms with Crippen LogP contribution in [0.4, 0.5) is 0 Å². The predicted octanol–water partition coefficient (Wildman–Crippen LogP) is 4.22. The maximum absolute atomic E-state index is 12.8. The van der Waals surface area contributed by atoms with Gasteiger partial charge >= 0.3 is 0 Å². The van der Waals surface area contributed by atoms with Crippen LogP contribution >= 0.6 is 11.8 Å². The fraction of sp³-hybridized carbons (Fsp3) is 0.0435. The first kappa shape index (κ1) is 19.4. The molecule has 0 aliphatic carbocycles. The molecular formula is C23H17N5OS. The summed E-state index contributed by atoms with van der Waals surface area (Å²) < 4.78 is 1.81. The lowest BCUT2D eigenvalue weighted by Crippen LogP contribution is -2.23. The number of rotatable bonds is 6. The van der Waals surface area contributed by atoms with E-state index in [2.05, 4.69) is 21.4 Å². The van der Waals surface area contributed by atoms with Crippen molar-refractivity contribution in [2.45, 2.75) is 16.3 Å². The maximum Gasteiger partial charge on any atom is 0.252 e. The highest BCUT2D eigenvalue weighted by Crippen LogP contribution is 2.32. The first-order valence-corrected chi connectivity index (χ1v) is 10.0. The number of imidazole rings is 1. The van der Waals surface area contributed by atoms with E-state index in [1.54, 1.807) is 30.9 Å². The Kier molecular flexibility index (Phi) is 5.88. The Balaban J connectivity index is 1.46. The van der Waals surface area contributed by atoms with E-state index in [1.165, 1.54) is 11.8 Å². The van der Waals surface area contributed by atoms with Crippen LogP contribution in [0.5, 0.6) is 0 Å². The number of nitriles is 1. The summed E-state index contributed by atoms with van der Waals surface area (Å²) in [4.78, 5) is 22.8. The monoisotopic (exact) mass is 411 g/mol. The molecule has 4 aromatic rings. The molecular weight excluding hydrogens is 394 g/mol. The van der Waals surface area contributed by atoms with Gasteiger partial charge in [0.1, 0.15) is 18.2 Å². The van der Waals surface area contributed by atoms with E-state index in [1.807, 2.05) is 59.3 Å². The molecule has 0 bridgehead atoms. The van der Waals surface area contributed by atoms with E-state index in [0.717, 1.165) is 21.2 Å². The van der Waals surface area contributed by atoms with Gasteiger partial charge in [-0.25, -0.2) is 9.97 Å². The largest absolute Gasteiger partial charge is 0.348 e. The summed E-state index contributed by atoms with van der Waals surface area (Å²) in [7, 11) is 0. The number of hydrogen-bond acceptors (Lipinski definition) is 5. The molecule has 7 heteroatoms. The molecule has 4 rings (SSSR count). The van der Waals surface area contributed by atoms with Crippen molar-refractivity contribution < 1.29 is 4.79 Å². The highest BCUT2D eigenvalue weighted by atomic mass is 32.2. The van der Waals surface area contributed by atoms with Crippen LogP contribution in [0.2, 0.25) is 0 Å². The molecule has 0 aliphatic heterocycles. The average molecular weight is 411 g/mol. The molecule has 1 amide bonds. The predicted molar refractivity (Wildman–Crippen MR) is 114 cm³/mol. The summed E-state index contributed by atoms with van der Waals surface area (Å²) in [5.41, 5.74) is 2.05. The average Bonchev–Trinajstić information content (AvgIpc) is 3.33. The van der Waals surface area contributed by atoms with Crippen LogP contribution in [-0.4, -0.2) is 20.4 Å². The van der Waals surface area contributed by atoms with E-state index in [-0.39, 0.29) is 5.91 Å². The Morgan fingerprint density at radius 3 is 2.60 bits per heavy atom. The second kappa shape index (κ2) is 9.07. The van der Waals surface area contributed by atoms with Crippen LogP contribution in [0, 0.1) is 11.3 Å². The van der Waals surface area contributed by atoms with Gasteiger partial charge in [-0.05, 0) is 35.9 Å². The third-order valence-electron chi connectivity index (χ3n) is 4.39. The Hall–Kier alpha value is -3.89. The quantitative estimate of drug-likeness (QED) is 0.514. The second-order valence-corrected chi connectivity index (χ2v) is 7.47. The number of nitrogens with zero attached hydrogens (tertiary/aromatic N) is 4. The van der Waals surface area contributed by atoms with Gasteiger partial charge in [0.2, 0.25) is 0 Å². The topological polar surface area (TPSA) is 83.6 Å². The number of hydrogen-bond donors (Lipinski definition) is 1. The second-order valence-electron chi connectivity index (χ2n) is 6.38. The van der Waals surface area contributed by atoms with Crippen molar-refractivity contribution in [1.29, 1.82) is 5.26 Å². The van der Waals surface area contributed by atoms with Gasteiger partial charge in [0.05, 0.1) is 11.1 Å². The molecule has 2 aromatic carbocycles. The van der Waals surface area contributed by atoms with Crippen molar-refractivity contribution >= 4 is 17.7 Å². The number of benzene rings is 2. The third kappa shape index (κ3) is 4.40. The standard InChI is InChI=1S/C23H17N5OS/c24-13-18-5-1-3-7-20(18)30-21-8-4-2-6-19(21)23(29)27-15-17-9-10-22(26-14-17)28-12-11-25-16-28/h1-12,14,16H,15H2,(H,27,29). The molecule has 6 nitrogen and oxygen atoms in total. The number of aromatic nitrogens is 3. The van der Waals surface area contributed by atoms with Gasteiger partial charge in [0.15, 0.2) is 0 Å². The fourth-order valence-electron chi connectivity index (χ4n) is 2.86. The van der Waals surface area contributed by atoms with Crippen molar-refractivity contribution in [2.75, 3.05) is 0 Å². The molecule has 0 spiro atoms. The summed E-state index contributed by atoms with van der Waals surface area (Å²) in [6, 6.07) is 20.7. The van der Waals surface area contributed by atoms with Gasteiger partial charge < -0.3 is 5.32 Å². The van der Waals surface area contributed by atoms with Gasteiger partial charge in [0, 0.05) is 34.9 Å². The van der Waals surface area contributed by atoms with Gasteiger partial charge in [0.25, 0.3) is 5.91 Å². The fourth-order valence-corrected chi connectivity index (χ4v) is 3.88. The molecule has 0 fully saturated rings. The lowest BCUT2D eigenvalue weighted by Gasteiger charge is -2.11. The highest BCUT2D eigenvalue weighted by molar-refractivity contribution is 7.99. The molecule has 0 radical (unpaired) electrons. The van der Waals surface area contributed by atoms with Crippen LogP contribution in [-0.2, 0) is 6.54 Å². The van der Waals surface area contributed by atoms with E-state index >= 15 is 0 Å². The Morgan fingerprint density at radius 1 is 1.07 bits per heavy atom. The van der Waals surface area contributed by atoms with Crippen LogP contribution in [0.15, 0.2) is 95.4 Å². The normalized spacial score (nSPS) is 10.4. The molecule has 0 saturated carbocycles. The molecule has 146 valence electrons. The summed E-state index contributed by atoms with van der Waals surface area (Å²) in [6.07, 6.45) is 6.94. The minimum Gasteiger partial charge on any atom is -0.348 e. The Labute approximate surface area is 178 Å². The minimum absolute atomic E-state index is 0.175. The summed E-state index contributed by atoms with van der Waals surface area (Å²) >= 11 is 1.41. The lowest BCUT2D eigenvalue weighted by atomic mass is 10.2. The van der Waals surface area contributed by atoms with Crippen molar-refractivity contribution in [2.24, 2.45) is 0 Å². The van der Waals surface area contributed by atoms with Crippen LogP contribution < -0.4 is 5.32 Å². The summed E-state index contributed by atoms with van der Waals surface area (Å²) in [5.74, 6) is 0.590. The molecule has 0 aliphatic rings. The van der Waals surface area contributed by atoms with E-state index in [9.17, 15) is 10.1 Å². The number of pyridine rings is 1. The van der Waals surface area contributed by atoms with Gasteiger partial charge in [-0.15, -0.1) is 0 Å². The molecule has 2 aromatic heterocycles. The highest BCUT2D eigenvalue weighted by Gasteiger charge is 2.13. The first-order valence-electron chi connectivity index (χ1n) is 9.22. The SMILES string of the molecule is N#Cc1ccccc1Sc1ccccc1C(=O)NCc1ccc(-n2ccnc2)nc1. The number of amides is 1. The Morgan fingerprint density at radius 2 is 1.87 bits per heavy atom. The lowest BCUT2D eigenvalue weighted by molar-refractivity contribution is 0.0948. The van der Waals surface area contributed by atoms with Crippen LogP contribution in [0.3, 0.4) is 0 Å². The zero-order valence-electron chi connectivity index (χ0n) is 15.9. The van der Waals surface area contributed by atoms with E-state index in [4.69, 9.17) is 0 Å². The van der Waals surface area contributed by atoms with Gasteiger partial charge in [-0.2, -0.15) is 5.26 Å². The smallest absolute Gasteiger partial charge is 0.252 e. The summed E-state index contributed by atoms with van der Waals surface area (Å²) in [5, 5.41) is 12.3. The van der Waals surface area contributed by atoms with Crippen molar-refractivity contribution in [3.8, 4) is 11.9 Å². The zero-order valence-corrected chi connectivity index (χ0v) is 16.7. The summed E-state index contributed by atoms with van der Waals surface area (Å²) in [6.45, 7) is 0.365. The molecule has 0 unspecified atom stereocenters. The van der Waals surface area contributed by atoms with Crippen molar-refractivity contribution in [3.05, 3.63) is 102 Å². The Bertz CT molecular complexity index is 1200. The van der Waals surface area contributed by atoms with E-state index in [0.29, 0.717) is 17.7 Å². The molecule has 0 saturated heterocycles. The first-order chi connectivity index (χ1) is 14.7. The number of carbonyl (C=O) groups is 1. The van der Waals surface area contributed by atoms with Gasteiger partial charge in [-0.1, -0.05) is 42.1 Å². The van der Waals surface area contributed by atoms with E-state index < -0.39 is 0 Å². The molecule has 30 heavy (non-hydrogen) atoms. The van der Waals surface area contributed by atoms with Gasteiger partial charge in [-0.3, -0.25) is 9.36 Å². The third-order valence-corrected chi connectivity index (χ3v) is 5.54. The molecule has 0 atom stereocenters. The maximum atomic E-state index is 12.8. The molecule has 1 N–H and O–H groups in total.